The summed E-state index contributed by atoms with van der Waals surface area (Å²) in [5.41, 5.74) is 1.45. The number of allylic oxidation sites excluding steroid dienone is 4. The van der Waals surface area contributed by atoms with Crippen LogP contribution >= 0.6 is 0 Å². The Kier molecular flexibility index (Phi) is 6.33. The molecule has 0 bridgehead atoms. The summed E-state index contributed by atoms with van der Waals surface area (Å²) < 4.78 is 5.19. The summed E-state index contributed by atoms with van der Waals surface area (Å²) in [6.45, 7) is 8.23. The lowest BCUT2D eigenvalue weighted by Gasteiger charge is -2.29. The summed E-state index contributed by atoms with van der Waals surface area (Å²) in [7, 11) is 0. The van der Waals surface area contributed by atoms with Gasteiger partial charge in [-0.15, -0.1) is 0 Å². The average molecular weight is 263 g/mol. The number of esters is 1. The van der Waals surface area contributed by atoms with Gasteiger partial charge in [-0.1, -0.05) is 52.5 Å². The molecule has 0 amide bonds. The molecule has 0 unspecified atom stereocenters. The summed E-state index contributed by atoms with van der Waals surface area (Å²) in [5, 5.41) is 0. The van der Waals surface area contributed by atoms with Crippen molar-refractivity contribution in [1.29, 1.82) is 0 Å². The molecule has 19 heavy (non-hydrogen) atoms. The molecule has 107 valence electrons. The molecule has 2 nitrogen and oxygen atoms in total. The van der Waals surface area contributed by atoms with Gasteiger partial charge in [0, 0.05) is 13.3 Å². The molecule has 2 heteroatoms. The molecule has 1 radical (unpaired) electrons. The van der Waals surface area contributed by atoms with Crippen molar-refractivity contribution in [2.45, 2.75) is 66.2 Å². The van der Waals surface area contributed by atoms with Crippen LogP contribution in [0.15, 0.2) is 23.5 Å². The molecular weight excluding hydrogens is 236 g/mol. The van der Waals surface area contributed by atoms with Gasteiger partial charge in [-0.3, -0.25) is 4.79 Å². The summed E-state index contributed by atoms with van der Waals surface area (Å²) in [6, 6.07) is 0. The number of unbranched alkanes of at least 4 members (excludes halogenated alkanes) is 3. The van der Waals surface area contributed by atoms with Gasteiger partial charge in [0.15, 0.2) is 0 Å². The fourth-order valence-electron chi connectivity index (χ4n) is 2.42. The number of hydrogen-bond acceptors (Lipinski definition) is 2. The molecule has 1 aliphatic rings. The Morgan fingerprint density at radius 2 is 2.05 bits per heavy atom. The van der Waals surface area contributed by atoms with Crippen LogP contribution in [-0.4, -0.2) is 5.97 Å². The molecule has 0 saturated heterocycles. The van der Waals surface area contributed by atoms with E-state index in [1.165, 1.54) is 44.6 Å². The minimum atomic E-state index is -0.246. The quantitative estimate of drug-likeness (QED) is 0.479. The van der Waals surface area contributed by atoms with Crippen LogP contribution in [0.25, 0.3) is 0 Å². The standard InChI is InChI=1S/C17H27O2/c1-5-6-7-8-12-17(3,4)15-10-9-11-16(13-15)19-14(2)18/h10-11,13H,5-9,12H2,1-4H3. The zero-order valence-electron chi connectivity index (χ0n) is 12.8. The maximum atomic E-state index is 11.0. The van der Waals surface area contributed by atoms with Crippen LogP contribution in [0.5, 0.6) is 0 Å². The van der Waals surface area contributed by atoms with E-state index < -0.39 is 0 Å². The van der Waals surface area contributed by atoms with E-state index in [9.17, 15) is 4.79 Å². The summed E-state index contributed by atoms with van der Waals surface area (Å²) >= 11 is 0. The van der Waals surface area contributed by atoms with Crippen molar-refractivity contribution in [2.24, 2.45) is 5.41 Å². The van der Waals surface area contributed by atoms with Crippen LogP contribution in [0, 0.1) is 11.8 Å². The van der Waals surface area contributed by atoms with Crippen molar-refractivity contribution in [2.75, 3.05) is 0 Å². The molecular formula is C17H27O2. The Balaban J connectivity index is 2.58. The fraction of sp³-hybridized carbons (Fsp3) is 0.647. The molecule has 1 aliphatic carbocycles. The highest BCUT2D eigenvalue weighted by atomic mass is 16.5. The third kappa shape index (κ3) is 5.63. The third-order valence-corrected chi connectivity index (χ3v) is 3.65. The molecule has 0 aliphatic heterocycles. The molecule has 0 aromatic rings. The van der Waals surface area contributed by atoms with E-state index in [1.807, 2.05) is 12.5 Å². The van der Waals surface area contributed by atoms with Crippen LogP contribution in [0.1, 0.15) is 66.2 Å². The molecule has 0 spiro atoms. The summed E-state index contributed by atoms with van der Waals surface area (Å²) in [5.74, 6) is 0.455. The van der Waals surface area contributed by atoms with Crippen molar-refractivity contribution in [3.63, 3.8) is 0 Å². The first-order chi connectivity index (χ1) is 8.95. The minimum Gasteiger partial charge on any atom is -0.431 e. The first-order valence-electron chi connectivity index (χ1n) is 7.39. The Labute approximate surface area is 117 Å². The molecule has 1 rings (SSSR count). The summed E-state index contributed by atoms with van der Waals surface area (Å²) in [6.07, 6.45) is 13.4. The van der Waals surface area contributed by atoms with E-state index >= 15 is 0 Å². The van der Waals surface area contributed by atoms with Crippen molar-refractivity contribution >= 4 is 5.97 Å². The van der Waals surface area contributed by atoms with Gasteiger partial charge in [0.1, 0.15) is 5.76 Å². The Hall–Kier alpha value is -1.05. The van der Waals surface area contributed by atoms with Gasteiger partial charge >= 0.3 is 5.97 Å². The smallest absolute Gasteiger partial charge is 0.307 e. The molecule has 0 aromatic carbocycles. The number of hydrogen-bond donors (Lipinski definition) is 0. The number of ether oxygens (including phenoxy) is 1. The van der Waals surface area contributed by atoms with Crippen LogP contribution in [0.3, 0.4) is 0 Å². The Morgan fingerprint density at radius 1 is 1.32 bits per heavy atom. The van der Waals surface area contributed by atoms with Crippen LogP contribution < -0.4 is 0 Å². The minimum absolute atomic E-state index is 0.160. The van der Waals surface area contributed by atoms with Crippen LogP contribution in [0.2, 0.25) is 0 Å². The lowest BCUT2D eigenvalue weighted by atomic mass is 9.77. The van der Waals surface area contributed by atoms with E-state index in [0.29, 0.717) is 5.76 Å². The SMILES string of the molecule is CCCCCCC(C)(C)C1=CC[CH]C(OC(C)=O)=C1. The molecule has 0 atom stereocenters. The van der Waals surface area contributed by atoms with Crippen molar-refractivity contribution in [1.82, 2.24) is 0 Å². The maximum Gasteiger partial charge on any atom is 0.307 e. The second-order valence-electron chi connectivity index (χ2n) is 5.93. The monoisotopic (exact) mass is 263 g/mol. The van der Waals surface area contributed by atoms with Crippen LogP contribution in [0.4, 0.5) is 0 Å². The predicted molar refractivity (Wildman–Crippen MR) is 79.4 cm³/mol. The highest BCUT2D eigenvalue weighted by Gasteiger charge is 2.24. The van der Waals surface area contributed by atoms with Gasteiger partial charge in [-0.25, -0.2) is 0 Å². The average Bonchev–Trinajstić information content (AvgIpc) is 2.34. The highest BCUT2D eigenvalue weighted by molar-refractivity contribution is 5.68. The zero-order valence-corrected chi connectivity index (χ0v) is 12.8. The Morgan fingerprint density at radius 3 is 2.68 bits per heavy atom. The number of rotatable bonds is 7. The maximum absolute atomic E-state index is 11.0. The van der Waals surface area contributed by atoms with E-state index in [0.717, 1.165) is 6.42 Å². The first kappa shape index (κ1) is 16.0. The summed E-state index contributed by atoms with van der Waals surface area (Å²) in [4.78, 5) is 11.0. The third-order valence-electron chi connectivity index (χ3n) is 3.65. The highest BCUT2D eigenvalue weighted by Crippen LogP contribution is 2.36. The molecule has 0 heterocycles. The number of carbonyl (C=O) groups excluding carboxylic acids is 1. The van der Waals surface area contributed by atoms with E-state index in [2.05, 4.69) is 26.8 Å². The van der Waals surface area contributed by atoms with Crippen LogP contribution in [-0.2, 0) is 9.53 Å². The zero-order chi connectivity index (χ0) is 14.3. The fourth-order valence-corrected chi connectivity index (χ4v) is 2.42. The van der Waals surface area contributed by atoms with Gasteiger partial charge in [0.25, 0.3) is 0 Å². The topological polar surface area (TPSA) is 26.3 Å². The van der Waals surface area contributed by atoms with E-state index in [1.54, 1.807) is 0 Å². The molecule has 0 aromatic heterocycles. The lowest BCUT2D eigenvalue weighted by Crippen LogP contribution is -2.16. The van der Waals surface area contributed by atoms with Crippen molar-refractivity contribution < 1.29 is 9.53 Å². The largest absolute Gasteiger partial charge is 0.431 e. The van der Waals surface area contributed by atoms with Gasteiger partial charge in [-0.05, 0) is 29.9 Å². The lowest BCUT2D eigenvalue weighted by molar-refractivity contribution is -0.136. The molecule has 0 fully saturated rings. The van der Waals surface area contributed by atoms with Gasteiger partial charge in [0.2, 0.25) is 0 Å². The van der Waals surface area contributed by atoms with Crippen molar-refractivity contribution in [3.8, 4) is 0 Å². The van der Waals surface area contributed by atoms with Gasteiger partial charge in [0.05, 0.1) is 0 Å². The van der Waals surface area contributed by atoms with E-state index in [4.69, 9.17) is 4.74 Å². The van der Waals surface area contributed by atoms with Crippen molar-refractivity contribution in [3.05, 3.63) is 29.9 Å². The van der Waals surface area contributed by atoms with E-state index in [-0.39, 0.29) is 11.4 Å². The predicted octanol–water partition coefficient (Wildman–Crippen LogP) is 4.96. The van der Waals surface area contributed by atoms with Gasteiger partial charge in [-0.2, -0.15) is 0 Å². The second-order valence-corrected chi connectivity index (χ2v) is 5.93. The normalized spacial score (nSPS) is 15.8. The molecule has 0 saturated carbocycles. The number of carbonyl (C=O) groups is 1. The Bertz CT molecular complexity index is 361. The molecule has 0 N–H and O–H groups in total. The second kappa shape index (κ2) is 7.52. The van der Waals surface area contributed by atoms with Gasteiger partial charge < -0.3 is 4.74 Å². The first-order valence-corrected chi connectivity index (χ1v) is 7.39.